The molecule has 2 aromatic heterocycles. The van der Waals surface area contributed by atoms with Crippen molar-refractivity contribution < 1.29 is 20.4 Å². The second kappa shape index (κ2) is 9.05. The molecule has 2 aliphatic rings. The van der Waals surface area contributed by atoms with Gasteiger partial charge in [0.25, 0.3) is 0 Å². The molecule has 10 nitrogen and oxygen atoms in total. The summed E-state index contributed by atoms with van der Waals surface area (Å²) in [5.74, 6) is 1.61. The third-order valence-electron chi connectivity index (χ3n) is 6.49. The Bertz CT molecular complexity index is 1130. The van der Waals surface area contributed by atoms with Gasteiger partial charge in [-0.05, 0) is 37.0 Å². The molecule has 6 atom stereocenters. The minimum absolute atomic E-state index is 0.180. The molecule has 0 radical (unpaired) electrons. The molecule has 2 aliphatic carbocycles. The van der Waals surface area contributed by atoms with Gasteiger partial charge in [-0.1, -0.05) is 36.0 Å². The molecule has 33 heavy (non-hydrogen) atoms. The van der Waals surface area contributed by atoms with Crippen molar-refractivity contribution in [2.75, 3.05) is 17.7 Å². The number of hydrogen-bond donors (Lipinski definition) is 5. The molecule has 2 fully saturated rings. The maximum absolute atomic E-state index is 10.6. The van der Waals surface area contributed by atoms with Crippen molar-refractivity contribution in [3.63, 3.8) is 0 Å². The number of nitrogens with zero attached hydrogens (tertiary/aromatic N) is 5. The van der Waals surface area contributed by atoms with Crippen molar-refractivity contribution >= 4 is 28.7 Å². The van der Waals surface area contributed by atoms with E-state index in [1.807, 2.05) is 12.1 Å². The van der Waals surface area contributed by atoms with Crippen LogP contribution < -0.4 is 5.32 Å². The van der Waals surface area contributed by atoms with Gasteiger partial charge in [0.2, 0.25) is 0 Å². The van der Waals surface area contributed by atoms with Crippen LogP contribution in [0.2, 0.25) is 0 Å². The van der Waals surface area contributed by atoms with E-state index in [9.17, 15) is 20.4 Å². The van der Waals surface area contributed by atoms with Crippen LogP contribution in [-0.4, -0.2) is 76.0 Å². The molecule has 2 saturated carbocycles. The first-order chi connectivity index (χ1) is 16.0. The lowest BCUT2D eigenvalue weighted by atomic mass is 10.1. The van der Waals surface area contributed by atoms with E-state index in [0.717, 1.165) is 24.2 Å². The average molecular weight is 473 g/mol. The first-order valence-corrected chi connectivity index (χ1v) is 12.3. The molecule has 0 bridgehead atoms. The number of hydrogen-bond acceptors (Lipinski definition) is 10. The molecule has 5 rings (SSSR count). The van der Waals surface area contributed by atoms with Crippen molar-refractivity contribution in [2.24, 2.45) is 5.92 Å². The van der Waals surface area contributed by atoms with Crippen LogP contribution in [0.25, 0.3) is 11.2 Å². The van der Waals surface area contributed by atoms with Crippen molar-refractivity contribution in [2.45, 2.75) is 61.6 Å². The minimum atomic E-state index is -1.06. The summed E-state index contributed by atoms with van der Waals surface area (Å²) >= 11 is 1.55. The molecule has 2 heterocycles. The number of rotatable bonds is 8. The SMILES string of the molecule is CCCSc1nc(NC2CC2c2ccc(O)cc2)c2nnn([C@H]3C[C@@H](CO)[C@H](O)[C@@H]3O)c2n1. The number of aliphatic hydroxyl groups excluding tert-OH is 3. The van der Waals surface area contributed by atoms with Gasteiger partial charge >= 0.3 is 0 Å². The molecule has 0 spiro atoms. The van der Waals surface area contributed by atoms with E-state index in [2.05, 4.69) is 27.5 Å². The van der Waals surface area contributed by atoms with Crippen LogP contribution in [0.3, 0.4) is 0 Å². The molecule has 0 saturated heterocycles. The number of nitrogens with one attached hydrogen (secondary N) is 1. The van der Waals surface area contributed by atoms with Crippen LogP contribution >= 0.6 is 11.8 Å². The maximum Gasteiger partial charge on any atom is 0.191 e. The monoisotopic (exact) mass is 472 g/mol. The van der Waals surface area contributed by atoms with Gasteiger partial charge in [0.15, 0.2) is 22.1 Å². The number of aliphatic hydroxyl groups is 3. The van der Waals surface area contributed by atoms with Crippen LogP contribution in [0.5, 0.6) is 5.75 Å². The lowest BCUT2D eigenvalue weighted by Gasteiger charge is -2.17. The fourth-order valence-electron chi connectivity index (χ4n) is 4.53. The predicted octanol–water partition coefficient (Wildman–Crippen LogP) is 1.67. The topological polar surface area (TPSA) is 149 Å². The van der Waals surface area contributed by atoms with E-state index in [4.69, 9.17) is 4.98 Å². The molecule has 3 aromatic rings. The molecule has 5 N–H and O–H groups in total. The van der Waals surface area contributed by atoms with Crippen LogP contribution in [0, 0.1) is 5.92 Å². The molecule has 11 heteroatoms. The van der Waals surface area contributed by atoms with Crippen molar-refractivity contribution in [3.8, 4) is 5.75 Å². The second-order valence-corrected chi connectivity index (χ2v) is 9.88. The molecule has 2 unspecified atom stereocenters. The highest BCUT2D eigenvalue weighted by Gasteiger charge is 2.44. The van der Waals surface area contributed by atoms with E-state index < -0.39 is 24.2 Å². The smallest absolute Gasteiger partial charge is 0.191 e. The summed E-state index contributed by atoms with van der Waals surface area (Å²) in [6, 6.07) is 6.90. The van der Waals surface area contributed by atoms with Crippen LogP contribution in [-0.2, 0) is 0 Å². The fraction of sp³-hybridized carbons (Fsp3) is 0.545. The quantitative estimate of drug-likeness (QED) is 0.242. The Hall–Kier alpha value is -2.47. The standard InChI is InChI=1S/C22H28N6O4S/c1-2-7-33-22-24-20(23-15-9-14(15)11-3-5-13(30)6-4-11)17-21(25-22)28(27-26-17)16-8-12(10-29)18(31)19(16)32/h3-6,12,14-16,18-19,29-32H,2,7-10H2,1H3,(H,23,24,25)/t12-,14?,15?,16-,18-,19+/m0/s1. The van der Waals surface area contributed by atoms with Gasteiger partial charge in [-0.3, -0.25) is 0 Å². The van der Waals surface area contributed by atoms with E-state index in [1.54, 1.807) is 28.6 Å². The van der Waals surface area contributed by atoms with Gasteiger partial charge in [-0.25, -0.2) is 14.6 Å². The van der Waals surface area contributed by atoms with Crippen LogP contribution in [0.15, 0.2) is 29.4 Å². The molecule has 0 aliphatic heterocycles. The lowest BCUT2D eigenvalue weighted by Crippen LogP contribution is -2.30. The number of aromatic nitrogens is 5. The Morgan fingerprint density at radius 2 is 1.91 bits per heavy atom. The lowest BCUT2D eigenvalue weighted by molar-refractivity contribution is -0.00512. The van der Waals surface area contributed by atoms with E-state index in [1.165, 1.54) is 0 Å². The summed E-state index contributed by atoms with van der Waals surface area (Å²) in [5, 5.41) is 52.6. The summed E-state index contributed by atoms with van der Waals surface area (Å²) < 4.78 is 1.56. The molecular formula is C22H28N6O4S. The van der Waals surface area contributed by atoms with Crippen molar-refractivity contribution in [1.82, 2.24) is 25.0 Å². The second-order valence-electron chi connectivity index (χ2n) is 8.82. The van der Waals surface area contributed by atoms with Gasteiger partial charge in [-0.2, -0.15) is 0 Å². The number of anilines is 1. The highest BCUT2D eigenvalue weighted by Crippen LogP contribution is 2.44. The van der Waals surface area contributed by atoms with Crippen molar-refractivity contribution in [1.29, 1.82) is 0 Å². The van der Waals surface area contributed by atoms with Gasteiger partial charge in [0.05, 0.1) is 12.1 Å². The first kappa shape index (κ1) is 22.3. The number of benzene rings is 1. The van der Waals surface area contributed by atoms with Gasteiger partial charge < -0.3 is 25.7 Å². The number of fused-ring (bicyclic) bond motifs is 1. The largest absolute Gasteiger partial charge is 0.508 e. The Balaban J connectivity index is 1.45. The summed E-state index contributed by atoms with van der Waals surface area (Å²) in [5.41, 5.74) is 2.17. The summed E-state index contributed by atoms with van der Waals surface area (Å²) in [6.45, 7) is 1.88. The summed E-state index contributed by atoms with van der Waals surface area (Å²) in [6.07, 6.45) is 0.210. The third-order valence-corrected chi connectivity index (χ3v) is 7.55. The number of phenols is 1. The predicted molar refractivity (Wildman–Crippen MR) is 123 cm³/mol. The first-order valence-electron chi connectivity index (χ1n) is 11.3. The highest BCUT2D eigenvalue weighted by atomic mass is 32.2. The number of phenolic OH excluding ortho intramolecular Hbond substituents is 1. The zero-order valence-corrected chi connectivity index (χ0v) is 19.1. The molecule has 0 amide bonds. The molecule has 176 valence electrons. The van der Waals surface area contributed by atoms with E-state index in [-0.39, 0.29) is 18.4 Å². The van der Waals surface area contributed by atoms with Gasteiger partial charge in [-0.15, -0.1) is 5.10 Å². The Morgan fingerprint density at radius 3 is 2.61 bits per heavy atom. The molecular weight excluding hydrogens is 444 g/mol. The maximum atomic E-state index is 10.6. The fourth-order valence-corrected chi connectivity index (χ4v) is 5.23. The van der Waals surface area contributed by atoms with Crippen molar-refractivity contribution in [3.05, 3.63) is 29.8 Å². The van der Waals surface area contributed by atoms with Gasteiger partial charge in [0.1, 0.15) is 11.9 Å². The Labute approximate surface area is 195 Å². The van der Waals surface area contributed by atoms with E-state index in [0.29, 0.717) is 34.5 Å². The summed E-state index contributed by atoms with van der Waals surface area (Å²) in [4.78, 5) is 9.37. The Kier molecular flexibility index (Phi) is 6.12. The minimum Gasteiger partial charge on any atom is -0.508 e. The van der Waals surface area contributed by atoms with Gasteiger partial charge in [0, 0.05) is 30.2 Å². The Morgan fingerprint density at radius 1 is 1.12 bits per heavy atom. The van der Waals surface area contributed by atoms with Crippen LogP contribution in [0.4, 0.5) is 5.82 Å². The summed E-state index contributed by atoms with van der Waals surface area (Å²) in [7, 11) is 0. The third kappa shape index (κ3) is 4.25. The van der Waals surface area contributed by atoms with E-state index >= 15 is 0 Å². The zero-order valence-electron chi connectivity index (χ0n) is 18.2. The average Bonchev–Trinajstić information content (AvgIpc) is 3.35. The number of thioether (sulfide) groups is 1. The molecule has 1 aromatic carbocycles. The van der Waals surface area contributed by atoms with Crippen LogP contribution in [0.1, 0.15) is 43.7 Å². The normalized spacial score (nSPS) is 29.0. The number of aromatic hydroxyl groups is 1. The highest BCUT2D eigenvalue weighted by molar-refractivity contribution is 7.99. The zero-order chi connectivity index (χ0) is 23.1.